The largest absolute Gasteiger partial charge is 0.433 e. The summed E-state index contributed by atoms with van der Waals surface area (Å²) in [6.45, 7) is 0.776. The Balaban J connectivity index is 2.10. The van der Waals surface area contributed by atoms with E-state index >= 15 is 0 Å². The first-order valence-electron chi connectivity index (χ1n) is 5.29. The van der Waals surface area contributed by atoms with E-state index in [4.69, 9.17) is 4.42 Å². The summed E-state index contributed by atoms with van der Waals surface area (Å²) in [4.78, 5) is 23.0. The summed E-state index contributed by atoms with van der Waals surface area (Å²) < 4.78 is 4.82. The van der Waals surface area contributed by atoms with E-state index in [-0.39, 0.29) is 12.3 Å². The monoisotopic (exact) mass is 240 g/mol. The molecular formula is C10H12N2O5. The molecule has 92 valence electrons. The molecule has 1 saturated heterocycles. The van der Waals surface area contributed by atoms with Gasteiger partial charge in [0, 0.05) is 13.1 Å². The van der Waals surface area contributed by atoms with E-state index in [2.05, 4.69) is 0 Å². The topological polar surface area (TPSA) is 96.8 Å². The molecule has 17 heavy (non-hydrogen) atoms. The summed E-state index contributed by atoms with van der Waals surface area (Å²) in [6, 6.07) is 2.43. The molecule has 0 spiro atoms. The van der Waals surface area contributed by atoms with Crippen LogP contribution in [-0.4, -0.2) is 40.0 Å². The number of likely N-dealkylation sites (tertiary alicyclic amines) is 1. The van der Waals surface area contributed by atoms with Crippen LogP contribution in [0.25, 0.3) is 0 Å². The van der Waals surface area contributed by atoms with E-state index in [0.717, 1.165) is 12.5 Å². The normalized spacial score (nSPS) is 20.3. The summed E-state index contributed by atoms with van der Waals surface area (Å²) >= 11 is 0. The van der Waals surface area contributed by atoms with Crippen LogP contribution in [0.5, 0.6) is 0 Å². The zero-order chi connectivity index (χ0) is 12.4. The molecule has 1 aliphatic heterocycles. The van der Waals surface area contributed by atoms with Crippen molar-refractivity contribution >= 4 is 11.8 Å². The van der Waals surface area contributed by atoms with Crippen molar-refractivity contribution in [2.45, 2.75) is 18.9 Å². The minimum absolute atomic E-state index is 0.0641. The van der Waals surface area contributed by atoms with Gasteiger partial charge < -0.3 is 14.4 Å². The molecule has 2 heterocycles. The molecule has 1 amide bonds. The maximum Gasteiger partial charge on any atom is 0.433 e. The quantitative estimate of drug-likeness (QED) is 0.608. The second-order valence-electron chi connectivity index (χ2n) is 3.94. The third-order valence-corrected chi connectivity index (χ3v) is 2.67. The van der Waals surface area contributed by atoms with Crippen molar-refractivity contribution in [1.82, 2.24) is 4.90 Å². The summed E-state index contributed by atoms with van der Waals surface area (Å²) in [5.41, 5.74) is 0. The summed E-state index contributed by atoms with van der Waals surface area (Å²) in [5, 5.41) is 19.8. The van der Waals surface area contributed by atoms with Gasteiger partial charge in [0.15, 0.2) is 5.76 Å². The van der Waals surface area contributed by atoms with Crippen LogP contribution in [-0.2, 0) is 0 Å². The number of nitrogens with zero attached hydrogens (tertiary/aromatic N) is 2. The lowest BCUT2D eigenvalue weighted by Crippen LogP contribution is -2.42. The van der Waals surface area contributed by atoms with E-state index in [1.807, 2.05) is 0 Å². The van der Waals surface area contributed by atoms with Gasteiger partial charge in [-0.3, -0.25) is 14.9 Å². The lowest BCUT2D eigenvalue weighted by atomic mass is 10.1. The number of piperidine rings is 1. The lowest BCUT2D eigenvalue weighted by Gasteiger charge is -2.29. The fraction of sp³-hybridized carbons (Fsp3) is 0.500. The average Bonchev–Trinajstić information content (AvgIpc) is 2.77. The zero-order valence-electron chi connectivity index (χ0n) is 9.04. The van der Waals surface area contributed by atoms with Crippen LogP contribution >= 0.6 is 0 Å². The van der Waals surface area contributed by atoms with Crippen LogP contribution in [0.15, 0.2) is 16.5 Å². The highest BCUT2D eigenvalue weighted by Crippen LogP contribution is 2.19. The van der Waals surface area contributed by atoms with E-state index in [9.17, 15) is 20.0 Å². The van der Waals surface area contributed by atoms with Gasteiger partial charge in [0.25, 0.3) is 5.91 Å². The highest BCUT2D eigenvalue weighted by molar-refractivity contribution is 5.91. The van der Waals surface area contributed by atoms with Crippen LogP contribution in [0.3, 0.4) is 0 Å². The second kappa shape index (κ2) is 4.54. The van der Waals surface area contributed by atoms with Crippen molar-refractivity contribution in [2.75, 3.05) is 13.1 Å². The Labute approximate surface area is 96.8 Å². The van der Waals surface area contributed by atoms with Gasteiger partial charge in [0.2, 0.25) is 0 Å². The van der Waals surface area contributed by atoms with Gasteiger partial charge in [-0.15, -0.1) is 0 Å². The first-order chi connectivity index (χ1) is 8.08. The van der Waals surface area contributed by atoms with Gasteiger partial charge in [-0.25, -0.2) is 0 Å². The van der Waals surface area contributed by atoms with E-state index in [0.29, 0.717) is 13.0 Å². The Hall–Kier alpha value is -1.89. The number of amides is 1. The molecule has 1 fully saturated rings. The fourth-order valence-corrected chi connectivity index (χ4v) is 1.84. The molecule has 1 aromatic rings. The molecule has 1 atom stereocenters. The SMILES string of the molecule is O=C(c1ccc([N+](=O)[O-])o1)N1CCCC(O)C1. The molecule has 2 rings (SSSR count). The number of rotatable bonds is 2. The van der Waals surface area contributed by atoms with Crippen LogP contribution in [0.4, 0.5) is 5.88 Å². The van der Waals surface area contributed by atoms with Crippen molar-refractivity contribution in [3.63, 3.8) is 0 Å². The minimum atomic E-state index is -0.693. The van der Waals surface area contributed by atoms with Gasteiger partial charge in [0.05, 0.1) is 12.2 Å². The summed E-state index contributed by atoms with van der Waals surface area (Å²) in [7, 11) is 0. The maximum atomic E-state index is 11.9. The highest BCUT2D eigenvalue weighted by Gasteiger charge is 2.26. The molecule has 0 aliphatic carbocycles. The van der Waals surface area contributed by atoms with Crippen LogP contribution in [0, 0.1) is 10.1 Å². The Kier molecular flexibility index (Phi) is 3.10. The van der Waals surface area contributed by atoms with Gasteiger partial charge in [-0.05, 0) is 18.9 Å². The van der Waals surface area contributed by atoms with Crippen molar-refractivity contribution in [3.05, 3.63) is 28.0 Å². The van der Waals surface area contributed by atoms with Crippen molar-refractivity contribution in [3.8, 4) is 0 Å². The van der Waals surface area contributed by atoms with Crippen molar-refractivity contribution < 1.29 is 19.2 Å². The molecule has 7 nitrogen and oxygen atoms in total. The molecular weight excluding hydrogens is 228 g/mol. The molecule has 1 aliphatic rings. The minimum Gasteiger partial charge on any atom is -0.395 e. The van der Waals surface area contributed by atoms with Crippen LogP contribution in [0.2, 0.25) is 0 Å². The van der Waals surface area contributed by atoms with E-state index in [1.165, 1.54) is 11.0 Å². The van der Waals surface area contributed by atoms with Gasteiger partial charge in [0.1, 0.15) is 4.92 Å². The molecule has 1 unspecified atom stereocenters. The van der Waals surface area contributed by atoms with Crippen molar-refractivity contribution in [2.24, 2.45) is 0 Å². The van der Waals surface area contributed by atoms with E-state index in [1.54, 1.807) is 0 Å². The van der Waals surface area contributed by atoms with E-state index < -0.39 is 22.8 Å². The molecule has 7 heteroatoms. The number of carbonyl (C=O) groups is 1. The molecule has 0 radical (unpaired) electrons. The number of hydrogen-bond donors (Lipinski definition) is 1. The van der Waals surface area contributed by atoms with Crippen molar-refractivity contribution in [1.29, 1.82) is 0 Å². The molecule has 1 N–H and O–H groups in total. The van der Waals surface area contributed by atoms with Crippen LogP contribution < -0.4 is 0 Å². The molecule has 0 saturated carbocycles. The predicted molar refractivity (Wildman–Crippen MR) is 56.5 cm³/mol. The smallest absolute Gasteiger partial charge is 0.395 e. The van der Waals surface area contributed by atoms with Gasteiger partial charge in [-0.1, -0.05) is 0 Å². The van der Waals surface area contributed by atoms with Gasteiger partial charge >= 0.3 is 5.88 Å². The predicted octanol–water partition coefficient (Wildman–Crippen LogP) is 0.785. The average molecular weight is 240 g/mol. The summed E-state index contributed by atoms with van der Waals surface area (Å²) in [5.74, 6) is -0.937. The Morgan fingerprint density at radius 3 is 2.94 bits per heavy atom. The fourth-order valence-electron chi connectivity index (χ4n) is 1.84. The molecule has 0 aromatic carbocycles. The third-order valence-electron chi connectivity index (χ3n) is 2.67. The molecule has 1 aromatic heterocycles. The number of β-amino-alcohol motifs (C(OH)–C–C–N with tert-alkyl or cyclic N) is 1. The first kappa shape index (κ1) is 11.6. The summed E-state index contributed by atoms with van der Waals surface area (Å²) in [6.07, 6.45) is 0.857. The Morgan fingerprint density at radius 2 is 2.35 bits per heavy atom. The standard InChI is InChI=1S/C10H12N2O5/c13-7-2-1-5-11(6-7)10(14)8-3-4-9(17-8)12(15)16/h3-4,7,13H,1-2,5-6H2. The Bertz CT molecular complexity index is 442. The second-order valence-corrected chi connectivity index (χ2v) is 3.94. The first-order valence-corrected chi connectivity index (χ1v) is 5.29. The Morgan fingerprint density at radius 1 is 1.59 bits per heavy atom. The van der Waals surface area contributed by atoms with Crippen LogP contribution in [0.1, 0.15) is 23.4 Å². The number of carbonyl (C=O) groups excluding carboxylic acids is 1. The number of nitro groups is 1. The number of aliphatic hydroxyl groups excluding tert-OH is 1. The highest BCUT2D eigenvalue weighted by atomic mass is 16.6. The number of furan rings is 1. The zero-order valence-corrected chi connectivity index (χ0v) is 9.04. The molecule has 0 bridgehead atoms. The maximum absolute atomic E-state index is 11.9. The lowest BCUT2D eigenvalue weighted by molar-refractivity contribution is -0.402. The number of aliphatic hydroxyl groups is 1. The third kappa shape index (κ3) is 2.44. The number of hydrogen-bond acceptors (Lipinski definition) is 5. The van der Waals surface area contributed by atoms with Gasteiger partial charge in [-0.2, -0.15) is 0 Å².